The van der Waals surface area contributed by atoms with Crippen LogP contribution in [0.3, 0.4) is 0 Å². The van der Waals surface area contributed by atoms with Crippen molar-refractivity contribution >= 4 is 17.5 Å². The molecule has 0 atom stereocenters. The van der Waals surface area contributed by atoms with Gasteiger partial charge in [-0.15, -0.1) is 0 Å². The highest BCUT2D eigenvalue weighted by molar-refractivity contribution is 6.31. The van der Waals surface area contributed by atoms with Crippen LogP contribution < -0.4 is 5.32 Å². The van der Waals surface area contributed by atoms with Crippen molar-refractivity contribution in [1.82, 2.24) is 10.2 Å². The summed E-state index contributed by atoms with van der Waals surface area (Å²) in [5.41, 5.74) is 2.51. The highest BCUT2D eigenvalue weighted by atomic mass is 35.5. The van der Waals surface area contributed by atoms with Crippen molar-refractivity contribution in [2.45, 2.75) is 38.1 Å². The summed E-state index contributed by atoms with van der Waals surface area (Å²) in [6.45, 7) is 3.34. The van der Waals surface area contributed by atoms with Crippen LogP contribution in [-0.2, 0) is 11.3 Å². The highest BCUT2D eigenvalue weighted by Crippen LogP contribution is 2.42. The molecule has 4 heteroatoms. The molecular weight excluding hydrogens is 284 g/mol. The molecule has 114 valence electrons. The number of likely N-dealkylation sites (tertiary alicyclic amines) is 1. The van der Waals surface area contributed by atoms with Gasteiger partial charge in [0.2, 0.25) is 5.91 Å². The minimum Gasteiger partial charge on any atom is -0.359 e. The maximum atomic E-state index is 11.5. The van der Waals surface area contributed by atoms with Crippen LogP contribution in [0, 0.1) is 5.92 Å². The lowest BCUT2D eigenvalue weighted by atomic mass is 9.71. The average Bonchev–Trinajstić information content (AvgIpc) is 2.93. The third-order valence-electron chi connectivity index (χ3n) is 4.90. The van der Waals surface area contributed by atoms with Crippen LogP contribution in [0.5, 0.6) is 0 Å². The fourth-order valence-electron chi connectivity index (χ4n) is 3.44. The van der Waals surface area contributed by atoms with E-state index in [4.69, 9.17) is 11.6 Å². The lowest BCUT2D eigenvalue weighted by Gasteiger charge is -2.34. The van der Waals surface area contributed by atoms with Gasteiger partial charge in [0.15, 0.2) is 0 Å². The fourth-order valence-corrected chi connectivity index (χ4v) is 3.68. The minimum absolute atomic E-state index is 0.169. The van der Waals surface area contributed by atoms with Crippen molar-refractivity contribution in [3.63, 3.8) is 0 Å². The van der Waals surface area contributed by atoms with Crippen LogP contribution in [0.1, 0.15) is 42.7 Å². The molecule has 0 aromatic heterocycles. The van der Waals surface area contributed by atoms with E-state index in [1.165, 1.54) is 37.1 Å². The smallest absolute Gasteiger partial charge is 0.222 e. The lowest BCUT2D eigenvalue weighted by Crippen LogP contribution is -2.36. The molecule has 0 unspecified atom stereocenters. The number of carbonyl (C=O) groups excluding carboxylic acids is 1. The largest absolute Gasteiger partial charge is 0.359 e. The van der Waals surface area contributed by atoms with Crippen LogP contribution >= 0.6 is 11.6 Å². The Bertz CT molecular complexity index is 520. The van der Waals surface area contributed by atoms with Crippen molar-refractivity contribution in [3.05, 3.63) is 34.3 Å². The van der Waals surface area contributed by atoms with Crippen molar-refractivity contribution in [2.75, 3.05) is 20.1 Å². The van der Waals surface area contributed by atoms with Gasteiger partial charge in [0, 0.05) is 24.5 Å². The van der Waals surface area contributed by atoms with Crippen LogP contribution in [-0.4, -0.2) is 30.9 Å². The molecule has 1 saturated carbocycles. The second-order valence-electron chi connectivity index (χ2n) is 6.31. The van der Waals surface area contributed by atoms with Crippen LogP contribution in [0.25, 0.3) is 0 Å². The summed E-state index contributed by atoms with van der Waals surface area (Å²) in [6, 6.07) is 6.48. The molecule has 0 spiro atoms. The Morgan fingerprint density at radius 2 is 2.05 bits per heavy atom. The van der Waals surface area contributed by atoms with E-state index in [0.29, 0.717) is 5.92 Å². The van der Waals surface area contributed by atoms with Gasteiger partial charge >= 0.3 is 0 Å². The van der Waals surface area contributed by atoms with Gasteiger partial charge < -0.3 is 5.32 Å². The van der Waals surface area contributed by atoms with E-state index < -0.39 is 0 Å². The van der Waals surface area contributed by atoms with E-state index in [0.717, 1.165) is 24.4 Å². The Hall–Kier alpha value is -1.06. The molecular formula is C17H23ClN2O. The molecule has 2 fully saturated rings. The second-order valence-corrected chi connectivity index (χ2v) is 6.72. The van der Waals surface area contributed by atoms with E-state index in [2.05, 4.69) is 28.4 Å². The zero-order valence-electron chi connectivity index (χ0n) is 12.6. The van der Waals surface area contributed by atoms with Crippen LogP contribution in [0.4, 0.5) is 0 Å². The molecule has 1 aliphatic carbocycles. The predicted octanol–water partition coefficient (Wildman–Crippen LogP) is 3.18. The molecule has 3 nitrogen and oxygen atoms in total. The first-order valence-corrected chi connectivity index (χ1v) is 8.27. The summed E-state index contributed by atoms with van der Waals surface area (Å²) in [7, 11) is 1.71. The summed E-state index contributed by atoms with van der Waals surface area (Å²) in [5.74, 6) is 0.844. The van der Waals surface area contributed by atoms with E-state index in [-0.39, 0.29) is 11.8 Å². The SMILES string of the molecule is CNC(=O)[C@H]1C[C@@H](c2ccc(CN3CCCC3)c(Cl)c2)C1. The molecule has 3 rings (SSSR count). The van der Waals surface area contributed by atoms with Gasteiger partial charge in [-0.05, 0) is 61.9 Å². The third kappa shape index (κ3) is 3.24. The van der Waals surface area contributed by atoms with Gasteiger partial charge in [0.25, 0.3) is 0 Å². The minimum atomic E-state index is 0.169. The number of amides is 1. The average molecular weight is 307 g/mol. The molecule has 1 aromatic carbocycles. The monoisotopic (exact) mass is 306 g/mol. The van der Waals surface area contributed by atoms with E-state index >= 15 is 0 Å². The van der Waals surface area contributed by atoms with E-state index in [1.807, 2.05) is 0 Å². The molecule has 0 radical (unpaired) electrons. The second kappa shape index (κ2) is 6.37. The normalized spacial score (nSPS) is 25.6. The highest BCUT2D eigenvalue weighted by Gasteiger charge is 2.34. The summed E-state index contributed by atoms with van der Waals surface area (Å²) >= 11 is 6.45. The number of rotatable bonds is 4. The summed E-state index contributed by atoms with van der Waals surface area (Å²) in [4.78, 5) is 14.0. The number of hydrogen-bond acceptors (Lipinski definition) is 2. The Balaban J connectivity index is 1.61. The first kappa shape index (κ1) is 14.9. The van der Waals surface area contributed by atoms with Crippen LogP contribution in [0.2, 0.25) is 5.02 Å². The predicted molar refractivity (Wildman–Crippen MR) is 85.5 cm³/mol. The Labute approximate surface area is 131 Å². The van der Waals surface area contributed by atoms with Gasteiger partial charge in [-0.2, -0.15) is 0 Å². The Morgan fingerprint density at radius 3 is 2.67 bits per heavy atom. The van der Waals surface area contributed by atoms with Crippen molar-refractivity contribution in [1.29, 1.82) is 0 Å². The Morgan fingerprint density at radius 1 is 1.33 bits per heavy atom. The molecule has 1 aromatic rings. The first-order chi connectivity index (χ1) is 10.2. The summed E-state index contributed by atoms with van der Waals surface area (Å²) in [5, 5.41) is 3.61. The number of nitrogens with zero attached hydrogens (tertiary/aromatic N) is 1. The zero-order valence-corrected chi connectivity index (χ0v) is 13.3. The third-order valence-corrected chi connectivity index (χ3v) is 5.25. The van der Waals surface area contributed by atoms with E-state index in [9.17, 15) is 4.79 Å². The molecule has 1 aliphatic heterocycles. The quantitative estimate of drug-likeness (QED) is 0.926. The summed E-state index contributed by atoms with van der Waals surface area (Å²) in [6.07, 6.45) is 4.50. The van der Waals surface area contributed by atoms with Gasteiger partial charge in [0.1, 0.15) is 0 Å². The molecule has 1 saturated heterocycles. The summed E-state index contributed by atoms with van der Waals surface area (Å²) < 4.78 is 0. The molecule has 21 heavy (non-hydrogen) atoms. The van der Waals surface area contributed by atoms with Crippen molar-refractivity contribution in [3.8, 4) is 0 Å². The Kier molecular flexibility index (Phi) is 4.51. The maximum absolute atomic E-state index is 11.5. The number of nitrogens with one attached hydrogen (secondary N) is 1. The molecule has 0 bridgehead atoms. The first-order valence-electron chi connectivity index (χ1n) is 7.89. The van der Waals surface area contributed by atoms with E-state index in [1.54, 1.807) is 7.05 Å². The number of halogens is 1. The van der Waals surface area contributed by atoms with Gasteiger partial charge in [0.05, 0.1) is 0 Å². The number of hydrogen-bond donors (Lipinski definition) is 1. The standard InChI is InChI=1S/C17H23ClN2O/c1-19-17(21)15-8-14(9-15)12-4-5-13(16(18)10-12)11-20-6-2-3-7-20/h4-5,10,14-15H,2-3,6-9,11H2,1H3,(H,19,21)/t14-,15+. The molecule has 1 N–H and O–H groups in total. The fraction of sp³-hybridized carbons (Fsp3) is 0.588. The van der Waals surface area contributed by atoms with Crippen LogP contribution in [0.15, 0.2) is 18.2 Å². The van der Waals surface area contributed by atoms with Crippen molar-refractivity contribution < 1.29 is 4.79 Å². The lowest BCUT2D eigenvalue weighted by molar-refractivity contribution is -0.127. The number of carbonyl (C=O) groups is 1. The molecule has 2 aliphatic rings. The van der Waals surface area contributed by atoms with Gasteiger partial charge in [-0.3, -0.25) is 9.69 Å². The maximum Gasteiger partial charge on any atom is 0.222 e. The molecule has 1 heterocycles. The zero-order chi connectivity index (χ0) is 14.8. The van der Waals surface area contributed by atoms with Crippen molar-refractivity contribution in [2.24, 2.45) is 5.92 Å². The molecule has 1 amide bonds. The topological polar surface area (TPSA) is 32.3 Å². The number of benzene rings is 1. The van der Waals surface area contributed by atoms with Gasteiger partial charge in [-0.1, -0.05) is 23.7 Å². The van der Waals surface area contributed by atoms with Gasteiger partial charge in [-0.25, -0.2) is 0 Å².